The maximum atomic E-state index is 5.08. The second kappa shape index (κ2) is 6.39. The van der Waals surface area contributed by atoms with Crippen LogP contribution in [-0.4, -0.2) is 26.8 Å². The van der Waals surface area contributed by atoms with Gasteiger partial charge in [0.2, 0.25) is 0 Å². The summed E-state index contributed by atoms with van der Waals surface area (Å²) < 4.78 is 5.08. The molecule has 0 aromatic rings. The molecule has 0 heterocycles. The molecule has 0 aliphatic rings. The minimum absolute atomic E-state index is 0.352. The number of hydrogen-bond donors (Lipinski definition) is 1. The van der Waals surface area contributed by atoms with Gasteiger partial charge in [-0.25, -0.2) is 0 Å². The Morgan fingerprint density at radius 1 is 1.31 bits per heavy atom. The molecule has 2 nitrogen and oxygen atoms in total. The Labute approximate surface area is 83.1 Å². The molecule has 80 valence electrons. The van der Waals surface area contributed by atoms with Gasteiger partial charge < -0.3 is 10.1 Å². The van der Waals surface area contributed by atoms with E-state index < -0.39 is 0 Å². The first-order valence-corrected chi connectivity index (χ1v) is 5.17. The minimum Gasteiger partial charge on any atom is -0.385 e. The number of hydrogen-bond acceptors (Lipinski definition) is 2. The molecule has 0 aromatic heterocycles. The smallest absolute Gasteiger partial charge is 0.0467 e. The quantitative estimate of drug-likeness (QED) is 0.660. The van der Waals surface area contributed by atoms with E-state index in [-0.39, 0.29) is 0 Å². The Bertz CT molecular complexity index is 121. The summed E-state index contributed by atoms with van der Waals surface area (Å²) in [6.45, 7) is 12.1. The molecule has 2 heteroatoms. The maximum Gasteiger partial charge on any atom is 0.0467 e. The Balaban J connectivity index is 3.50. The lowest BCUT2D eigenvalue weighted by atomic mass is 9.89. The van der Waals surface area contributed by atoms with Gasteiger partial charge in [0.05, 0.1) is 0 Å². The minimum atomic E-state index is 0.352. The van der Waals surface area contributed by atoms with Crippen molar-refractivity contribution in [3.63, 3.8) is 0 Å². The van der Waals surface area contributed by atoms with E-state index in [0.29, 0.717) is 5.41 Å². The molecule has 0 saturated heterocycles. The van der Waals surface area contributed by atoms with Crippen LogP contribution >= 0.6 is 0 Å². The highest BCUT2D eigenvalue weighted by atomic mass is 16.5. The van der Waals surface area contributed by atoms with Crippen molar-refractivity contribution in [1.82, 2.24) is 5.32 Å². The predicted octanol–water partition coefficient (Wildman–Crippen LogP) is 2.29. The molecule has 0 aromatic carbocycles. The van der Waals surface area contributed by atoms with Crippen LogP contribution in [0.3, 0.4) is 0 Å². The van der Waals surface area contributed by atoms with Gasteiger partial charge in [0.25, 0.3) is 0 Å². The van der Waals surface area contributed by atoms with E-state index in [1.54, 1.807) is 7.11 Å². The highest BCUT2D eigenvalue weighted by Crippen LogP contribution is 2.18. The van der Waals surface area contributed by atoms with Crippen molar-refractivity contribution in [1.29, 1.82) is 0 Å². The molecule has 0 fully saturated rings. The van der Waals surface area contributed by atoms with Crippen LogP contribution in [-0.2, 0) is 4.74 Å². The van der Waals surface area contributed by atoms with E-state index in [9.17, 15) is 0 Å². The Kier molecular flexibility index (Phi) is 6.35. The summed E-state index contributed by atoms with van der Waals surface area (Å²) in [6, 6.07) is 0. The van der Waals surface area contributed by atoms with Crippen LogP contribution in [0.2, 0.25) is 0 Å². The van der Waals surface area contributed by atoms with Gasteiger partial charge in [-0.3, -0.25) is 0 Å². The SMILES string of the molecule is COCCC(C)(C)CNCC(C)C. The van der Waals surface area contributed by atoms with Gasteiger partial charge in [0.1, 0.15) is 0 Å². The van der Waals surface area contributed by atoms with Crippen molar-refractivity contribution in [2.75, 3.05) is 26.8 Å². The van der Waals surface area contributed by atoms with Crippen molar-refractivity contribution >= 4 is 0 Å². The molecule has 0 bridgehead atoms. The standard InChI is InChI=1S/C11H25NO/c1-10(2)8-12-9-11(3,4)6-7-13-5/h10,12H,6-9H2,1-5H3. The van der Waals surface area contributed by atoms with Gasteiger partial charge in [-0.15, -0.1) is 0 Å². The third kappa shape index (κ3) is 8.26. The van der Waals surface area contributed by atoms with E-state index in [2.05, 4.69) is 33.0 Å². The first-order valence-electron chi connectivity index (χ1n) is 5.17. The van der Waals surface area contributed by atoms with Gasteiger partial charge in [0, 0.05) is 20.3 Å². The maximum absolute atomic E-state index is 5.08. The van der Waals surface area contributed by atoms with Crippen LogP contribution in [0.15, 0.2) is 0 Å². The lowest BCUT2D eigenvalue weighted by Crippen LogP contribution is -2.32. The molecule has 0 saturated carbocycles. The number of methoxy groups -OCH3 is 1. The molecule has 13 heavy (non-hydrogen) atoms. The number of rotatable bonds is 7. The molecule has 1 N–H and O–H groups in total. The average molecular weight is 187 g/mol. The predicted molar refractivity (Wildman–Crippen MR) is 58.0 cm³/mol. The topological polar surface area (TPSA) is 21.3 Å². The van der Waals surface area contributed by atoms with Crippen LogP contribution in [0.4, 0.5) is 0 Å². The fourth-order valence-electron chi connectivity index (χ4n) is 1.17. The first-order chi connectivity index (χ1) is 5.98. The van der Waals surface area contributed by atoms with Crippen molar-refractivity contribution < 1.29 is 4.74 Å². The summed E-state index contributed by atoms with van der Waals surface area (Å²) in [6.07, 6.45) is 1.12. The lowest BCUT2D eigenvalue weighted by molar-refractivity contribution is 0.150. The molecule has 0 aliphatic carbocycles. The van der Waals surface area contributed by atoms with E-state index >= 15 is 0 Å². The van der Waals surface area contributed by atoms with Crippen LogP contribution in [0.25, 0.3) is 0 Å². The second-order valence-corrected chi connectivity index (χ2v) is 4.93. The van der Waals surface area contributed by atoms with Crippen LogP contribution in [0, 0.1) is 11.3 Å². The summed E-state index contributed by atoms with van der Waals surface area (Å²) in [7, 11) is 1.76. The van der Waals surface area contributed by atoms with Gasteiger partial charge in [0.15, 0.2) is 0 Å². The Morgan fingerprint density at radius 2 is 1.92 bits per heavy atom. The number of ether oxygens (including phenoxy) is 1. The molecule has 0 atom stereocenters. The van der Waals surface area contributed by atoms with Gasteiger partial charge in [-0.2, -0.15) is 0 Å². The number of nitrogens with one attached hydrogen (secondary N) is 1. The zero-order valence-electron chi connectivity index (χ0n) is 9.81. The zero-order valence-corrected chi connectivity index (χ0v) is 9.81. The molecular formula is C11H25NO. The van der Waals surface area contributed by atoms with Crippen molar-refractivity contribution in [2.45, 2.75) is 34.1 Å². The van der Waals surface area contributed by atoms with E-state index in [1.165, 1.54) is 0 Å². The third-order valence-electron chi connectivity index (χ3n) is 2.14. The van der Waals surface area contributed by atoms with Crippen LogP contribution in [0.1, 0.15) is 34.1 Å². The Morgan fingerprint density at radius 3 is 2.38 bits per heavy atom. The van der Waals surface area contributed by atoms with Gasteiger partial charge >= 0.3 is 0 Å². The summed E-state index contributed by atoms with van der Waals surface area (Å²) in [5, 5.41) is 3.48. The second-order valence-electron chi connectivity index (χ2n) is 4.93. The summed E-state index contributed by atoms with van der Waals surface area (Å²) in [4.78, 5) is 0. The van der Waals surface area contributed by atoms with Crippen molar-refractivity contribution in [2.24, 2.45) is 11.3 Å². The van der Waals surface area contributed by atoms with Gasteiger partial charge in [-0.05, 0) is 24.3 Å². The highest BCUT2D eigenvalue weighted by molar-refractivity contribution is 4.71. The summed E-state index contributed by atoms with van der Waals surface area (Å²) >= 11 is 0. The third-order valence-corrected chi connectivity index (χ3v) is 2.14. The van der Waals surface area contributed by atoms with E-state index in [0.717, 1.165) is 32.0 Å². The van der Waals surface area contributed by atoms with Crippen LogP contribution in [0.5, 0.6) is 0 Å². The molecule has 0 amide bonds. The molecule has 0 aliphatic heterocycles. The molecule has 0 radical (unpaired) electrons. The molecule has 0 rings (SSSR count). The molecule has 0 unspecified atom stereocenters. The zero-order chi connectivity index (χ0) is 10.3. The highest BCUT2D eigenvalue weighted by Gasteiger charge is 2.16. The lowest BCUT2D eigenvalue weighted by Gasteiger charge is -2.25. The van der Waals surface area contributed by atoms with Crippen molar-refractivity contribution in [3.05, 3.63) is 0 Å². The van der Waals surface area contributed by atoms with Crippen LogP contribution < -0.4 is 5.32 Å². The fourth-order valence-corrected chi connectivity index (χ4v) is 1.17. The largest absolute Gasteiger partial charge is 0.385 e. The average Bonchev–Trinajstić information content (AvgIpc) is 2.00. The summed E-state index contributed by atoms with van der Waals surface area (Å²) in [5.74, 6) is 0.734. The first kappa shape index (κ1) is 12.9. The fraction of sp³-hybridized carbons (Fsp3) is 1.00. The van der Waals surface area contributed by atoms with Gasteiger partial charge in [-0.1, -0.05) is 27.7 Å². The Hall–Kier alpha value is -0.0800. The van der Waals surface area contributed by atoms with E-state index in [1.807, 2.05) is 0 Å². The normalized spacial score (nSPS) is 12.5. The summed E-state index contributed by atoms with van der Waals surface area (Å²) in [5.41, 5.74) is 0.352. The monoisotopic (exact) mass is 187 g/mol. The van der Waals surface area contributed by atoms with E-state index in [4.69, 9.17) is 4.74 Å². The molecular weight excluding hydrogens is 162 g/mol. The molecule has 0 spiro atoms. The van der Waals surface area contributed by atoms with Crippen molar-refractivity contribution in [3.8, 4) is 0 Å².